The molecular weight excluding hydrogens is 1180 g/mol. The fourth-order valence-electron chi connectivity index (χ4n) is 13.2. The van der Waals surface area contributed by atoms with Crippen molar-refractivity contribution in [1.29, 1.82) is 0 Å². The Labute approximate surface area is 561 Å². The molecule has 4 unspecified atom stereocenters. The van der Waals surface area contributed by atoms with Gasteiger partial charge < -0.3 is 43.7 Å². The molecule has 4 atom stereocenters. The molecule has 13 heteroatoms. The van der Waals surface area contributed by atoms with Gasteiger partial charge in [0, 0.05) is 119 Å². The summed E-state index contributed by atoms with van der Waals surface area (Å²) in [6, 6.07) is 48.4. The Kier molecular flexibility index (Phi) is 22.9. The maximum Gasteiger partial charge on any atom is 0.206 e. The molecular formula is C82H90N4O9. The molecule has 4 aliphatic carbocycles. The van der Waals surface area contributed by atoms with Gasteiger partial charge in [-0.15, -0.1) is 0 Å². The van der Waals surface area contributed by atoms with E-state index in [1.807, 2.05) is 146 Å². The fourth-order valence-corrected chi connectivity index (χ4v) is 13.2. The summed E-state index contributed by atoms with van der Waals surface area (Å²) in [5, 5.41) is 27.5. The van der Waals surface area contributed by atoms with Gasteiger partial charge >= 0.3 is 0 Å². The number of carbonyl (C=O) groups is 2. The number of anilines is 4. The Balaban J connectivity index is 0.712. The summed E-state index contributed by atoms with van der Waals surface area (Å²) in [4.78, 5) is 32.1. The van der Waals surface area contributed by atoms with Crippen LogP contribution in [0.2, 0.25) is 0 Å². The zero-order valence-corrected chi connectivity index (χ0v) is 56.7. The maximum absolute atomic E-state index is 13.8. The van der Waals surface area contributed by atoms with Crippen LogP contribution in [0, 0.1) is 0 Å². The number of ether oxygens (including phenoxy) is 5. The number of benzene rings is 6. The van der Waals surface area contributed by atoms with Crippen LogP contribution in [-0.2, 0) is 14.3 Å². The third kappa shape index (κ3) is 15.4. The highest BCUT2D eigenvalue weighted by molar-refractivity contribution is 6.40. The van der Waals surface area contributed by atoms with E-state index < -0.39 is 0 Å². The van der Waals surface area contributed by atoms with Crippen molar-refractivity contribution in [3.05, 3.63) is 239 Å². The Morgan fingerprint density at radius 2 is 0.684 bits per heavy atom. The lowest BCUT2D eigenvalue weighted by Gasteiger charge is -2.34. The van der Waals surface area contributed by atoms with E-state index in [1.54, 1.807) is 14.2 Å². The second-order valence-electron chi connectivity index (χ2n) is 24.7. The molecule has 95 heavy (non-hydrogen) atoms. The number of ketones is 2. The van der Waals surface area contributed by atoms with Crippen molar-refractivity contribution >= 4 is 68.3 Å². The van der Waals surface area contributed by atoms with Gasteiger partial charge in [-0.1, -0.05) is 76.3 Å². The summed E-state index contributed by atoms with van der Waals surface area (Å²) in [5.41, 5.74) is 11.3. The van der Waals surface area contributed by atoms with Gasteiger partial charge in [-0.05, 0) is 197 Å². The van der Waals surface area contributed by atoms with Gasteiger partial charge in [-0.3, -0.25) is 9.59 Å². The first-order chi connectivity index (χ1) is 46.2. The van der Waals surface area contributed by atoms with Gasteiger partial charge in [0.05, 0.1) is 27.4 Å². The summed E-state index contributed by atoms with van der Waals surface area (Å²) in [6.07, 6.45) is 23.5. The van der Waals surface area contributed by atoms with Crippen molar-refractivity contribution in [2.24, 2.45) is 0 Å². The Bertz CT molecular complexity index is 3730. The lowest BCUT2D eigenvalue weighted by Crippen LogP contribution is -2.31. The Morgan fingerprint density at radius 1 is 0.379 bits per heavy atom. The van der Waals surface area contributed by atoms with Crippen LogP contribution in [0.15, 0.2) is 228 Å². The van der Waals surface area contributed by atoms with E-state index >= 15 is 0 Å². The van der Waals surface area contributed by atoms with E-state index in [9.17, 15) is 19.8 Å². The maximum atomic E-state index is 13.8. The second-order valence-corrected chi connectivity index (χ2v) is 24.7. The minimum Gasteiger partial charge on any atom is -0.871 e. The monoisotopic (exact) mass is 1270 g/mol. The number of carbonyl (C=O) groups excluding carboxylic acids is 2. The van der Waals surface area contributed by atoms with E-state index in [0.717, 1.165) is 120 Å². The minimum absolute atomic E-state index is 0.170. The summed E-state index contributed by atoms with van der Waals surface area (Å²) in [5.74, 6) is 2.10. The standard InChI is InChI=1S/C82H90N4O9/c1-11-15-55(5)83(67-35-43-71(91-9)44-36-67)63-27-19-59(20-28-63)75-79(87)77(80(75)88)61-23-31-65(32-24-61)85(57(7)17-13-3)69-39-47-73(48-40-69)94-53-51-93-52-54-95-74-49-41-70(42-50-74)86(58(8)18-14-4)66-33-25-62(26-34-66)78-81(89)76(82(78)90)60-21-29-64(30-22-60)84(56(6)16-12-2)68-37-45-72(92-10)46-38-68/h19-50,55-58H,11-18,51-54H2,1-10H3. The van der Waals surface area contributed by atoms with Crippen molar-refractivity contribution in [1.82, 2.24) is 0 Å². The summed E-state index contributed by atoms with van der Waals surface area (Å²) in [6.45, 7) is 19.0. The SMILES string of the molecule is CCCC(C)N(c1ccc(OC)cc1)c1ccc(C2=C([O-])C(=C3C=CC(=[N+](c4ccc(OCCOCCOc5ccc([N+](=C6C=CC(=C7C(=O)C(c8ccc(N(c9ccc(OC)cc9)C(C)CCC)cc8)=C7[O-])C=C6)C(C)CCC)cc5)cc4)C(C)CCC)C=C3)C2=O)cc1. The lowest BCUT2D eigenvalue weighted by atomic mass is 9.80. The predicted molar refractivity (Wildman–Crippen MR) is 380 cm³/mol. The average Bonchev–Trinajstić information content (AvgIpc) is 0.758. The molecule has 0 amide bonds. The number of methoxy groups -OCH3 is 2. The summed E-state index contributed by atoms with van der Waals surface area (Å²) < 4.78 is 33.5. The Hall–Kier alpha value is -9.72. The second kappa shape index (κ2) is 31.9. The molecule has 4 aliphatic rings. The molecule has 0 aliphatic heterocycles. The van der Waals surface area contributed by atoms with E-state index in [1.165, 1.54) is 0 Å². The van der Waals surface area contributed by atoms with Gasteiger partial charge in [0.2, 0.25) is 22.8 Å². The molecule has 0 bridgehead atoms. The van der Waals surface area contributed by atoms with E-state index in [4.69, 9.17) is 23.7 Å². The highest BCUT2D eigenvalue weighted by Crippen LogP contribution is 2.42. The number of rotatable bonds is 30. The van der Waals surface area contributed by atoms with Crippen LogP contribution in [0.25, 0.3) is 11.1 Å². The first-order valence-electron chi connectivity index (χ1n) is 33.8. The van der Waals surface area contributed by atoms with Gasteiger partial charge in [0.1, 0.15) is 36.2 Å². The highest BCUT2D eigenvalue weighted by Gasteiger charge is 2.34. The molecule has 0 radical (unpaired) electrons. The van der Waals surface area contributed by atoms with Crippen LogP contribution in [-0.4, -0.2) is 97.0 Å². The number of hydrogen-bond acceptors (Lipinski definition) is 11. The third-order valence-electron chi connectivity index (χ3n) is 18.1. The largest absolute Gasteiger partial charge is 0.871 e. The van der Waals surface area contributed by atoms with Crippen molar-refractivity contribution in [3.8, 4) is 23.0 Å². The molecule has 0 saturated carbocycles. The highest BCUT2D eigenvalue weighted by atomic mass is 16.5. The van der Waals surface area contributed by atoms with Crippen molar-refractivity contribution in [3.63, 3.8) is 0 Å². The van der Waals surface area contributed by atoms with Crippen LogP contribution in [0.3, 0.4) is 0 Å². The molecule has 0 fully saturated rings. The first-order valence-corrected chi connectivity index (χ1v) is 33.8. The molecule has 0 saturated heterocycles. The molecule has 13 nitrogen and oxygen atoms in total. The summed E-state index contributed by atoms with van der Waals surface area (Å²) in [7, 11) is 3.32. The number of hydrogen-bond donors (Lipinski definition) is 0. The molecule has 6 aromatic carbocycles. The molecule has 10 rings (SSSR count). The third-order valence-corrected chi connectivity index (χ3v) is 18.1. The molecule has 6 aromatic rings. The lowest BCUT2D eigenvalue weighted by molar-refractivity contribution is -0.480. The van der Waals surface area contributed by atoms with E-state index in [-0.39, 0.29) is 69.5 Å². The molecule has 0 spiro atoms. The number of allylic oxidation sites excluding steroid dienone is 14. The van der Waals surface area contributed by atoms with Crippen LogP contribution in [0.5, 0.6) is 23.0 Å². The zero-order chi connectivity index (χ0) is 67.1. The van der Waals surface area contributed by atoms with Gasteiger partial charge in [0.15, 0.2) is 23.7 Å². The van der Waals surface area contributed by atoms with E-state index in [0.29, 0.717) is 48.7 Å². The fraction of sp³-hybridized carbons (Fsp3) is 0.317. The molecule has 0 heterocycles. The quantitative estimate of drug-likeness (QED) is 0.0242. The van der Waals surface area contributed by atoms with Crippen LogP contribution < -0.4 is 39.0 Å². The topological polar surface area (TPSA) is 139 Å². The normalized spacial score (nSPS) is 15.6. The summed E-state index contributed by atoms with van der Waals surface area (Å²) >= 11 is 0. The van der Waals surface area contributed by atoms with Crippen molar-refractivity contribution in [2.75, 3.05) is 50.4 Å². The first kappa shape index (κ1) is 68.1. The van der Waals surface area contributed by atoms with E-state index in [2.05, 4.69) is 123 Å². The molecule has 0 aromatic heterocycles. The van der Waals surface area contributed by atoms with Gasteiger partial charge in [-0.25, -0.2) is 0 Å². The van der Waals surface area contributed by atoms with Gasteiger partial charge in [0.25, 0.3) is 0 Å². The molecule has 0 N–H and O–H groups in total. The number of Topliss-reactive ketones (excluding diaryl/α,β-unsaturated/α-hetero) is 2. The van der Waals surface area contributed by atoms with Crippen molar-refractivity contribution in [2.45, 2.75) is 131 Å². The Morgan fingerprint density at radius 3 is 0.979 bits per heavy atom. The number of nitrogens with zero attached hydrogens (tertiary/aromatic N) is 4. The smallest absolute Gasteiger partial charge is 0.206 e. The van der Waals surface area contributed by atoms with Crippen LogP contribution in [0.1, 0.15) is 118 Å². The zero-order valence-electron chi connectivity index (χ0n) is 56.7. The van der Waals surface area contributed by atoms with Crippen LogP contribution >= 0.6 is 0 Å². The van der Waals surface area contributed by atoms with Gasteiger partial charge in [-0.2, -0.15) is 9.15 Å². The minimum atomic E-state index is -0.236. The molecule has 492 valence electrons. The van der Waals surface area contributed by atoms with Crippen molar-refractivity contribution < 1.29 is 52.6 Å². The van der Waals surface area contributed by atoms with Crippen LogP contribution in [0.4, 0.5) is 34.1 Å². The predicted octanol–water partition coefficient (Wildman–Crippen LogP) is 15.9. The average molecular weight is 1280 g/mol.